The van der Waals surface area contributed by atoms with E-state index in [-0.39, 0.29) is 17.9 Å². The summed E-state index contributed by atoms with van der Waals surface area (Å²) < 4.78 is 6.01. The third-order valence-corrected chi connectivity index (χ3v) is 4.06. The number of para-hydroxylation sites is 1. The Morgan fingerprint density at radius 3 is 2.59 bits per heavy atom. The van der Waals surface area contributed by atoms with Crippen molar-refractivity contribution in [2.75, 3.05) is 0 Å². The highest BCUT2D eigenvalue weighted by molar-refractivity contribution is 5.84. The second-order valence-corrected chi connectivity index (χ2v) is 6.21. The zero-order chi connectivity index (χ0) is 16.3. The summed E-state index contributed by atoms with van der Waals surface area (Å²) in [5, 5.41) is 4.15. The fourth-order valence-electron chi connectivity index (χ4n) is 2.73. The minimum absolute atomic E-state index is 0.111. The van der Waals surface area contributed by atoms with Crippen LogP contribution in [0.5, 0.6) is 0 Å². The Morgan fingerprint density at radius 1 is 1.32 bits per heavy atom. The molecule has 2 atom stereocenters. The molecule has 0 aliphatic carbocycles. The normalized spacial score (nSPS) is 14.3. The van der Waals surface area contributed by atoms with E-state index in [1.807, 2.05) is 38.1 Å². The van der Waals surface area contributed by atoms with Crippen molar-refractivity contribution in [3.05, 3.63) is 35.6 Å². The van der Waals surface area contributed by atoms with Crippen LogP contribution in [0.25, 0.3) is 11.0 Å². The predicted molar refractivity (Wildman–Crippen MR) is 89.6 cm³/mol. The number of hydrogen-bond acceptors (Lipinski definition) is 3. The van der Waals surface area contributed by atoms with Crippen LogP contribution < -0.4 is 11.1 Å². The van der Waals surface area contributed by atoms with Gasteiger partial charge in [-0.2, -0.15) is 0 Å². The number of amides is 1. The second-order valence-electron chi connectivity index (χ2n) is 6.21. The number of hydrogen-bond donors (Lipinski definition) is 2. The third kappa shape index (κ3) is 3.33. The lowest BCUT2D eigenvalue weighted by Gasteiger charge is -2.23. The van der Waals surface area contributed by atoms with E-state index >= 15 is 0 Å². The number of aryl methyl sites for hydroxylation is 1. The monoisotopic (exact) mass is 302 g/mol. The zero-order valence-electron chi connectivity index (χ0n) is 13.8. The second kappa shape index (κ2) is 6.97. The van der Waals surface area contributed by atoms with Gasteiger partial charge in [0, 0.05) is 10.9 Å². The Balaban J connectivity index is 2.30. The third-order valence-electron chi connectivity index (χ3n) is 4.06. The molecule has 0 radical (unpaired) electrons. The Morgan fingerprint density at radius 2 is 2.00 bits per heavy atom. The summed E-state index contributed by atoms with van der Waals surface area (Å²) in [6.45, 7) is 8.21. The van der Waals surface area contributed by atoms with Gasteiger partial charge in [-0.05, 0) is 25.3 Å². The maximum absolute atomic E-state index is 12.3. The fraction of sp³-hybridized carbons (Fsp3) is 0.500. The van der Waals surface area contributed by atoms with E-state index in [4.69, 9.17) is 10.2 Å². The first-order valence-electron chi connectivity index (χ1n) is 7.99. The van der Waals surface area contributed by atoms with Gasteiger partial charge in [0.25, 0.3) is 0 Å². The highest BCUT2D eigenvalue weighted by atomic mass is 16.3. The van der Waals surface area contributed by atoms with E-state index in [2.05, 4.69) is 19.2 Å². The first kappa shape index (κ1) is 16.6. The molecule has 1 aromatic heterocycles. The standard InChI is InChI=1S/C18H26N2O2/c1-5-8-14(19)18(21)20-16(11(2)3)17-12(4)13-9-6-7-10-15(13)22-17/h6-7,9-11,14,16H,5,8,19H2,1-4H3,(H,20,21). The van der Waals surface area contributed by atoms with Crippen molar-refractivity contribution in [2.45, 2.75) is 52.6 Å². The lowest BCUT2D eigenvalue weighted by Crippen LogP contribution is -2.43. The zero-order valence-corrected chi connectivity index (χ0v) is 13.8. The Labute approximate surface area is 132 Å². The molecule has 0 saturated heterocycles. The Kier molecular flexibility index (Phi) is 5.24. The molecule has 0 fully saturated rings. The molecule has 4 heteroatoms. The van der Waals surface area contributed by atoms with Gasteiger partial charge in [-0.25, -0.2) is 0 Å². The number of nitrogens with two attached hydrogens (primary N) is 1. The minimum Gasteiger partial charge on any atom is -0.459 e. The maximum Gasteiger partial charge on any atom is 0.237 e. The highest BCUT2D eigenvalue weighted by Gasteiger charge is 2.26. The number of rotatable bonds is 6. The molecular weight excluding hydrogens is 276 g/mol. The maximum atomic E-state index is 12.3. The van der Waals surface area contributed by atoms with Gasteiger partial charge in [0.2, 0.25) is 5.91 Å². The van der Waals surface area contributed by atoms with Crippen LogP contribution in [0.15, 0.2) is 28.7 Å². The lowest BCUT2D eigenvalue weighted by molar-refractivity contribution is -0.123. The SMILES string of the molecule is CCCC(N)C(=O)NC(c1oc2ccccc2c1C)C(C)C. The smallest absolute Gasteiger partial charge is 0.237 e. The van der Waals surface area contributed by atoms with Gasteiger partial charge in [-0.3, -0.25) is 4.79 Å². The molecule has 0 saturated carbocycles. The molecule has 0 bridgehead atoms. The number of carbonyl (C=O) groups excluding carboxylic acids is 1. The van der Waals surface area contributed by atoms with E-state index in [1.165, 1.54) is 0 Å². The number of fused-ring (bicyclic) bond motifs is 1. The quantitative estimate of drug-likeness (QED) is 0.855. The van der Waals surface area contributed by atoms with Gasteiger partial charge >= 0.3 is 0 Å². The van der Waals surface area contributed by atoms with E-state index in [1.54, 1.807) is 0 Å². The van der Waals surface area contributed by atoms with Gasteiger partial charge < -0.3 is 15.5 Å². The molecule has 0 spiro atoms. The first-order valence-corrected chi connectivity index (χ1v) is 7.99. The molecule has 22 heavy (non-hydrogen) atoms. The molecule has 2 unspecified atom stereocenters. The van der Waals surface area contributed by atoms with E-state index in [0.29, 0.717) is 6.42 Å². The van der Waals surface area contributed by atoms with Crippen LogP contribution in [0, 0.1) is 12.8 Å². The summed E-state index contributed by atoms with van der Waals surface area (Å²) in [7, 11) is 0. The van der Waals surface area contributed by atoms with Crippen LogP contribution in [-0.4, -0.2) is 11.9 Å². The summed E-state index contributed by atoms with van der Waals surface area (Å²) in [6, 6.07) is 7.32. The van der Waals surface area contributed by atoms with Crippen molar-refractivity contribution in [1.82, 2.24) is 5.32 Å². The number of nitrogens with one attached hydrogen (secondary N) is 1. The van der Waals surface area contributed by atoms with Gasteiger partial charge in [-0.15, -0.1) is 0 Å². The largest absolute Gasteiger partial charge is 0.459 e. The first-order chi connectivity index (χ1) is 10.5. The van der Waals surface area contributed by atoms with Gasteiger partial charge in [0.05, 0.1) is 12.1 Å². The highest BCUT2D eigenvalue weighted by Crippen LogP contribution is 2.32. The predicted octanol–water partition coefficient (Wildman–Crippen LogP) is 3.68. The number of carbonyl (C=O) groups is 1. The number of furan rings is 1. The van der Waals surface area contributed by atoms with Crippen molar-refractivity contribution in [3.8, 4) is 0 Å². The molecule has 1 aromatic carbocycles. The van der Waals surface area contributed by atoms with Crippen LogP contribution in [-0.2, 0) is 4.79 Å². The summed E-state index contributed by atoms with van der Waals surface area (Å²) in [4.78, 5) is 12.3. The molecule has 0 aliphatic heterocycles. The molecule has 3 N–H and O–H groups in total. The van der Waals surface area contributed by atoms with E-state index < -0.39 is 6.04 Å². The van der Waals surface area contributed by atoms with E-state index in [0.717, 1.165) is 28.7 Å². The van der Waals surface area contributed by atoms with Crippen molar-refractivity contribution < 1.29 is 9.21 Å². The van der Waals surface area contributed by atoms with Crippen molar-refractivity contribution >= 4 is 16.9 Å². The Hall–Kier alpha value is -1.81. The summed E-state index contributed by atoms with van der Waals surface area (Å²) in [6.07, 6.45) is 1.58. The van der Waals surface area contributed by atoms with Crippen LogP contribution >= 0.6 is 0 Å². The molecule has 4 nitrogen and oxygen atoms in total. The molecule has 0 aliphatic rings. The molecule has 2 aromatic rings. The van der Waals surface area contributed by atoms with E-state index in [9.17, 15) is 4.79 Å². The van der Waals surface area contributed by atoms with Crippen LogP contribution in [0.1, 0.15) is 51.0 Å². The average Bonchev–Trinajstić information content (AvgIpc) is 2.82. The molecule has 1 heterocycles. The minimum atomic E-state index is -0.462. The number of benzene rings is 1. The van der Waals surface area contributed by atoms with Gasteiger partial charge in [-0.1, -0.05) is 45.4 Å². The van der Waals surface area contributed by atoms with Gasteiger partial charge in [0.1, 0.15) is 11.3 Å². The molecule has 1 amide bonds. The van der Waals surface area contributed by atoms with Crippen molar-refractivity contribution in [3.63, 3.8) is 0 Å². The Bertz CT molecular complexity index is 646. The van der Waals surface area contributed by atoms with Crippen molar-refractivity contribution in [2.24, 2.45) is 11.7 Å². The topological polar surface area (TPSA) is 68.3 Å². The summed E-state index contributed by atoms with van der Waals surface area (Å²) >= 11 is 0. The summed E-state index contributed by atoms with van der Waals surface area (Å²) in [5.74, 6) is 0.936. The molecular formula is C18H26N2O2. The fourth-order valence-corrected chi connectivity index (χ4v) is 2.73. The average molecular weight is 302 g/mol. The van der Waals surface area contributed by atoms with Crippen molar-refractivity contribution in [1.29, 1.82) is 0 Å². The van der Waals surface area contributed by atoms with Crippen LogP contribution in [0.2, 0.25) is 0 Å². The van der Waals surface area contributed by atoms with Crippen LogP contribution in [0.4, 0.5) is 0 Å². The molecule has 2 rings (SSSR count). The van der Waals surface area contributed by atoms with Crippen LogP contribution in [0.3, 0.4) is 0 Å². The van der Waals surface area contributed by atoms with Gasteiger partial charge in [0.15, 0.2) is 0 Å². The molecule has 120 valence electrons. The lowest BCUT2D eigenvalue weighted by atomic mass is 9.97. The summed E-state index contributed by atoms with van der Waals surface area (Å²) in [5.41, 5.74) is 7.86.